The van der Waals surface area contributed by atoms with E-state index in [0.29, 0.717) is 47.9 Å². The number of carboxylic acids is 1. The van der Waals surface area contributed by atoms with Gasteiger partial charge in [-0.25, -0.2) is 15.2 Å². The van der Waals surface area contributed by atoms with E-state index in [1.807, 2.05) is 38.1 Å². The lowest BCUT2D eigenvalue weighted by atomic mass is 10.1. The third-order valence-electron chi connectivity index (χ3n) is 6.59. The lowest BCUT2D eigenvalue weighted by Gasteiger charge is -2.13. The van der Waals surface area contributed by atoms with Crippen molar-refractivity contribution in [1.82, 2.24) is 10.8 Å². The van der Waals surface area contributed by atoms with Gasteiger partial charge in [0.25, 0.3) is 18.2 Å². The molecular weight excluding hydrogens is 680 g/mol. The van der Waals surface area contributed by atoms with Gasteiger partial charge in [-0.3, -0.25) is 14.9 Å². The van der Waals surface area contributed by atoms with E-state index < -0.39 is 23.2 Å². The van der Waals surface area contributed by atoms with E-state index in [2.05, 4.69) is 15.7 Å². The number of hydrogen-bond donors (Lipinski definition) is 4. The largest absolute Gasteiger partial charge is 0.478 e. The van der Waals surface area contributed by atoms with E-state index in [0.717, 1.165) is 11.1 Å². The third-order valence-corrected chi connectivity index (χ3v) is 7.63. The summed E-state index contributed by atoms with van der Waals surface area (Å²) in [5.74, 6) is -0.627. The van der Waals surface area contributed by atoms with E-state index in [4.69, 9.17) is 31.9 Å². The molecule has 0 aliphatic heterocycles. The smallest absolute Gasteiger partial charge is 0.417 e. The highest BCUT2D eigenvalue weighted by molar-refractivity contribution is 7.90. The molecule has 16 heteroatoms. The first kappa shape index (κ1) is 37.1. The Balaban J connectivity index is 1.20. The minimum atomic E-state index is -2.11. The predicted molar refractivity (Wildman–Crippen MR) is 179 cm³/mol. The maximum Gasteiger partial charge on any atom is 0.417 e. The fourth-order valence-corrected chi connectivity index (χ4v) is 4.95. The van der Waals surface area contributed by atoms with Crippen molar-refractivity contribution >= 4 is 35.6 Å². The van der Waals surface area contributed by atoms with Gasteiger partial charge in [-0.15, -0.1) is 0 Å². The van der Waals surface area contributed by atoms with Crippen molar-refractivity contribution < 1.29 is 55.7 Å². The molecule has 4 aromatic carbocycles. The summed E-state index contributed by atoms with van der Waals surface area (Å²) in [7, 11) is 0. The van der Waals surface area contributed by atoms with Crippen LogP contribution in [0.5, 0.6) is 23.0 Å². The van der Waals surface area contributed by atoms with Crippen LogP contribution in [-0.2, 0) is 38.6 Å². The van der Waals surface area contributed by atoms with Crippen molar-refractivity contribution in [2.24, 2.45) is 0 Å². The molecular formula is C33H34N2O12S2. The Morgan fingerprint density at radius 1 is 0.755 bits per heavy atom. The molecule has 4 aromatic rings. The highest BCUT2D eigenvalue weighted by atomic mass is 32.2. The molecule has 260 valence electrons. The average molecular weight is 715 g/mol. The highest BCUT2D eigenvalue weighted by Crippen LogP contribution is 2.24. The van der Waals surface area contributed by atoms with E-state index in [1.165, 1.54) is 18.2 Å². The first-order chi connectivity index (χ1) is 23.7. The molecule has 0 saturated carbocycles. The quantitative estimate of drug-likeness (QED) is 0.0372. The Labute approximate surface area is 289 Å². The van der Waals surface area contributed by atoms with Crippen LogP contribution in [-0.4, -0.2) is 39.5 Å². The number of benzene rings is 4. The maximum atomic E-state index is 12.8. The first-order valence-electron chi connectivity index (χ1n) is 14.7. The van der Waals surface area contributed by atoms with Gasteiger partial charge in [0, 0.05) is 13.1 Å². The number of nitrogens with one attached hydrogen (secondary N) is 2. The molecule has 0 bridgehead atoms. The second-order valence-electron chi connectivity index (χ2n) is 10.3. The molecule has 0 aromatic heterocycles. The number of hydrogen-bond acceptors (Lipinski definition) is 13. The number of aromatic carboxylic acids is 1. The van der Waals surface area contributed by atoms with Gasteiger partial charge in [-0.2, -0.15) is 4.21 Å². The van der Waals surface area contributed by atoms with Crippen molar-refractivity contribution in [3.8, 4) is 23.0 Å². The van der Waals surface area contributed by atoms with E-state index in [1.54, 1.807) is 42.5 Å². The lowest BCUT2D eigenvalue weighted by Crippen LogP contribution is -2.28. The van der Waals surface area contributed by atoms with Gasteiger partial charge in [0.1, 0.15) is 23.9 Å². The Bertz CT molecular complexity index is 1710. The molecule has 1 atom stereocenters. The molecule has 0 aliphatic carbocycles. The SMILES string of the molecule is Cc1ccc(OOSOc2ccc(C(=O)O)c(C(=O)NCCCNOCc3cc(OS(=O)Oc4ccc(C)cc4)ccc3COO)c2)cc1. The van der Waals surface area contributed by atoms with Gasteiger partial charge < -0.3 is 27.9 Å². The highest BCUT2D eigenvalue weighted by Gasteiger charge is 2.18. The van der Waals surface area contributed by atoms with Crippen molar-refractivity contribution in [2.45, 2.75) is 33.5 Å². The van der Waals surface area contributed by atoms with Gasteiger partial charge in [-0.1, -0.05) is 45.8 Å². The minimum absolute atomic E-state index is 0.0280. The molecule has 49 heavy (non-hydrogen) atoms. The summed E-state index contributed by atoms with van der Waals surface area (Å²) in [6.45, 7) is 4.28. The average Bonchev–Trinajstić information content (AvgIpc) is 3.09. The summed E-state index contributed by atoms with van der Waals surface area (Å²) in [6.07, 6.45) is 0.426. The second kappa shape index (κ2) is 19.4. The fourth-order valence-electron chi connectivity index (χ4n) is 4.08. The Morgan fingerprint density at radius 3 is 2.10 bits per heavy atom. The lowest BCUT2D eigenvalue weighted by molar-refractivity contribution is -0.253. The topological polar surface area (TPSA) is 180 Å². The number of aryl methyl sites for hydroxylation is 2. The van der Waals surface area contributed by atoms with Gasteiger partial charge in [-0.05, 0) is 86.0 Å². The van der Waals surface area contributed by atoms with Gasteiger partial charge in [0.15, 0.2) is 5.75 Å². The van der Waals surface area contributed by atoms with Gasteiger partial charge >= 0.3 is 17.3 Å². The number of hydroxylamine groups is 1. The van der Waals surface area contributed by atoms with Crippen LogP contribution in [0.1, 0.15) is 49.4 Å². The molecule has 0 saturated heterocycles. The van der Waals surface area contributed by atoms with Crippen LogP contribution in [0.25, 0.3) is 0 Å². The zero-order valence-electron chi connectivity index (χ0n) is 26.4. The van der Waals surface area contributed by atoms with Crippen LogP contribution in [0.3, 0.4) is 0 Å². The monoisotopic (exact) mass is 714 g/mol. The number of carbonyl (C=O) groups excluding carboxylic acids is 1. The zero-order chi connectivity index (χ0) is 35.0. The van der Waals surface area contributed by atoms with Crippen LogP contribution in [0.2, 0.25) is 0 Å². The molecule has 0 spiro atoms. The predicted octanol–water partition coefficient (Wildman–Crippen LogP) is 5.82. The van der Waals surface area contributed by atoms with Crippen molar-refractivity contribution in [2.75, 3.05) is 13.1 Å². The van der Waals surface area contributed by atoms with Gasteiger partial charge in [0.05, 0.1) is 17.7 Å². The fraction of sp³-hybridized carbons (Fsp3) is 0.212. The summed E-state index contributed by atoms with van der Waals surface area (Å²) in [5, 5.41) is 21.2. The maximum absolute atomic E-state index is 12.8. The van der Waals surface area contributed by atoms with Crippen LogP contribution >= 0.6 is 12.3 Å². The van der Waals surface area contributed by atoms with Crippen LogP contribution in [0.4, 0.5) is 0 Å². The standard InChI is InChI=1S/C33H34N2O12S2/c1-22-4-9-26(10-5-22)43-47-48-44-28-14-15-30(33(37)38)31(19-28)32(36)34-16-3-17-35-41-20-25-18-29(13-8-24(25)21-42-39)46-49(40)45-27-11-6-23(2)7-12-27/h4-15,18-19,35,39H,3,16-17,20-21H2,1-2H3,(H,34,36)(H,37,38). The van der Waals surface area contributed by atoms with Crippen molar-refractivity contribution in [1.29, 1.82) is 0 Å². The Morgan fingerprint density at radius 2 is 1.41 bits per heavy atom. The van der Waals surface area contributed by atoms with E-state index in [-0.39, 0.29) is 42.4 Å². The van der Waals surface area contributed by atoms with Crippen molar-refractivity contribution in [3.63, 3.8) is 0 Å². The number of rotatable bonds is 20. The molecule has 1 unspecified atom stereocenters. The number of amides is 1. The second-order valence-corrected chi connectivity index (χ2v) is 11.5. The summed E-state index contributed by atoms with van der Waals surface area (Å²) < 4.78 is 33.4. The normalized spacial score (nSPS) is 11.4. The molecule has 0 heterocycles. The molecule has 0 radical (unpaired) electrons. The minimum Gasteiger partial charge on any atom is -0.478 e. The van der Waals surface area contributed by atoms with Crippen molar-refractivity contribution in [3.05, 3.63) is 118 Å². The number of carbonyl (C=O) groups is 2. The molecule has 1 amide bonds. The summed E-state index contributed by atoms with van der Waals surface area (Å²) in [4.78, 5) is 39.5. The molecule has 0 fully saturated rings. The van der Waals surface area contributed by atoms with Crippen LogP contribution < -0.4 is 28.2 Å². The van der Waals surface area contributed by atoms with E-state index >= 15 is 0 Å². The summed E-state index contributed by atoms with van der Waals surface area (Å²) in [5.41, 5.74) is 5.73. The third kappa shape index (κ3) is 12.4. The van der Waals surface area contributed by atoms with Crippen LogP contribution in [0.15, 0.2) is 84.9 Å². The summed E-state index contributed by atoms with van der Waals surface area (Å²) in [6, 6.07) is 22.8. The Kier molecular flexibility index (Phi) is 14.7. The molecule has 0 aliphatic rings. The Hall–Kier alpha value is -4.68. The molecule has 4 N–H and O–H groups in total. The zero-order valence-corrected chi connectivity index (χ0v) is 28.0. The van der Waals surface area contributed by atoms with E-state index in [9.17, 15) is 18.9 Å². The molecule has 14 nitrogen and oxygen atoms in total. The molecule has 4 rings (SSSR count). The van der Waals surface area contributed by atoms with Gasteiger partial charge in [0.2, 0.25) is 0 Å². The summed E-state index contributed by atoms with van der Waals surface area (Å²) >= 11 is -1.61. The van der Waals surface area contributed by atoms with Crippen LogP contribution in [0, 0.1) is 13.8 Å². The number of carboxylic acid groups (broad SMARTS) is 1. The first-order valence-corrected chi connectivity index (χ1v) is 16.4.